The second-order valence-electron chi connectivity index (χ2n) is 7.95. The van der Waals surface area contributed by atoms with Crippen LogP contribution in [0.3, 0.4) is 0 Å². The van der Waals surface area contributed by atoms with E-state index in [0.717, 1.165) is 32.0 Å². The lowest BCUT2D eigenvalue weighted by Crippen LogP contribution is -2.30. The van der Waals surface area contributed by atoms with Crippen molar-refractivity contribution < 1.29 is 31.4 Å². The van der Waals surface area contributed by atoms with Gasteiger partial charge in [0.1, 0.15) is 0 Å². The largest absolute Gasteiger partial charge is 0.417 e. The van der Waals surface area contributed by atoms with Crippen molar-refractivity contribution in [1.82, 2.24) is 4.90 Å². The number of rotatable bonds is 7. The highest BCUT2D eigenvalue weighted by Gasteiger charge is 2.38. The Morgan fingerprint density at radius 2 is 1.44 bits per heavy atom. The van der Waals surface area contributed by atoms with E-state index in [1.807, 2.05) is 18.7 Å². The summed E-state index contributed by atoms with van der Waals surface area (Å²) in [6, 6.07) is 8.37. The highest BCUT2D eigenvalue weighted by atomic mass is 19.4. The molecule has 0 amide bonds. The van der Waals surface area contributed by atoms with Gasteiger partial charge in [0.2, 0.25) is 0 Å². The van der Waals surface area contributed by atoms with Gasteiger partial charge in [-0.05, 0) is 65.9 Å². The van der Waals surface area contributed by atoms with Crippen LogP contribution in [0.2, 0.25) is 0 Å². The maximum atomic E-state index is 13.8. The van der Waals surface area contributed by atoms with Crippen LogP contribution in [0, 0.1) is 0 Å². The third-order valence-electron chi connectivity index (χ3n) is 5.49. The zero-order valence-corrected chi connectivity index (χ0v) is 17.8. The van der Waals surface area contributed by atoms with Crippen LogP contribution in [-0.4, -0.2) is 29.6 Å². The molecule has 0 aromatic heterocycles. The number of alkyl halides is 6. The molecule has 0 aliphatic carbocycles. The molecule has 0 fully saturated rings. The maximum Gasteiger partial charge on any atom is 0.417 e. The number of fused-ring (bicyclic) bond motifs is 3. The lowest BCUT2D eigenvalue weighted by molar-refractivity contribution is -0.142. The summed E-state index contributed by atoms with van der Waals surface area (Å²) in [4.78, 5) is 2.04. The van der Waals surface area contributed by atoms with Crippen LogP contribution in [-0.2, 0) is 12.4 Å². The van der Waals surface area contributed by atoms with Gasteiger partial charge in [-0.2, -0.15) is 26.3 Å². The van der Waals surface area contributed by atoms with Crippen LogP contribution < -0.4 is 0 Å². The fourth-order valence-electron chi connectivity index (χ4n) is 4.21. The first-order valence-corrected chi connectivity index (χ1v) is 10.5. The SMILES string of the molecule is CCCN(CCC)C[C@H](O)c1cc2cc(C(F)(F)F)cc(C(F)(F)F)c2c2ccccc12. The maximum absolute atomic E-state index is 13.8. The molecule has 0 spiro atoms. The van der Waals surface area contributed by atoms with Gasteiger partial charge in [-0.3, -0.25) is 0 Å². The summed E-state index contributed by atoms with van der Waals surface area (Å²) in [6.07, 6.45) is -9.25. The number of hydrogen-bond acceptors (Lipinski definition) is 2. The molecule has 0 radical (unpaired) electrons. The first-order chi connectivity index (χ1) is 15.0. The normalized spacial score (nSPS) is 13.9. The number of aliphatic hydroxyl groups is 1. The van der Waals surface area contributed by atoms with Gasteiger partial charge >= 0.3 is 12.4 Å². The molecule has 0 heterocycles. The van der Waals surface area contributed by atoms with Crippen LogP contribution in [0.5, 0.6) is 0 Å². The third kappa shape index (κ3) is 5.02. The zero-order valence-electron chi connectivity index (χ0n) is 17.8. The van der Waals surface area contributed by atoms with Gasteiger partial charge in [0.25, 0.3) is 0 Å². The first kappa shape index (κ1) is 24.3. The Bertz CT molecular complexity index is 1080. The lowest BCUT2D eigenvalue weighted by Gasteiger charge is -2.26. The molecule has 1 atom stereocenters. The monoisotopic (exact) mass is 457 g/mol. The van der Waals surface area contributed by atoms with Crippen molar-refractivity contribution in [2.45, 2.75) is 45.1 Å². The molecule has 32 heavy (non-hydrogen) atoms. The van der Waals surface area contributed by atoms with Crippen molar-refractivity contribution >= 4 is 21.5 Å². The molecule has 0 bridgehead atoms. The van der Waals surface area contributed by atoms with E-state index in [9.17, 15) is 31.4 Å². The van der Waals surface area contributed by atoms with Crippen molar-refractivity contribution in [3.63, 3.8) is 0 Å². The molecular formula is C24H25F6NO. The Hall–Kier alpha value is -2.32. The summed E-state index contributed by atoms with van der Waals surface area (Å²) in [6.45, 7) is 5.69. The van der Waals surface area contributed by atoms with E-state index < -0.39 is 29.6 Å². The minimum atomic E-state index is -4.97. The highest BCUT2D eigenvalue weighted by Crippen LogP contribution is 2.43. The highest BCUT2D eigenvalue weighted by molar-refractivity contribution is 6.11. The second kappa shape index (κ2) is 9.27. The van der Waals surface area contributed by atoms with E-state index in [1.54, 1.807) is 12.1 Å². The number of aliphatic hydroxyl groups excluding tert-OH is 1. The minimum absolute atomic E-state index is 0.162. The van der Waals surface area contributed by atoms with Crippen molar-refractivity contribution in [2.75, 3.05) is 19.6 Å². The summed E-state index contributed by atoms with van der Waals surface area (Å²) in [7, 11) is 0. The number of hydrogen-bond donors (Lipinski definition) is 1. The molecule has 0 saturated heterocycles. The van der Waals surface area contributed by atoms with Gasteiger partial charge in [0.15, 0.2) is 0 Å². The van der Waals surface area contributed by atoms with Gasteiger partial charge in [-0.1, -0.05) is 38.1 Å². The summed E-state index contributed by atoms with van der Waals surface area (Å²) < 4.78 is 81.5. The average molecular weight is 457 g/mol. The Kier molecular flexibility index (Phi) is 7.05. The molecule has 8 heteroatoms. The summed E-state index contributed by atoms with van der Waals surface area (Å²) in [5.74, 6) is 0. The predicted octanol–water partition coefficient (Wildman–Crippen LogP) is 7.19. The molecule has 3 aromatic rings. The van der Waals surface area contributed by atoms with Crippen molar-refractivity contribution in [3.8, 4) is 0 Å². The van der Waals surface area contributed by atoms with E-state index in [4.69, 9.17) is 0 Å². The number of benzene rings is 3. The average Bonchev–Trinajstić information content (AvgIpc) is 2.71. The molecule has 0 aliphatic heterocycles. The minimum Gasteiger partial charge on any atom is -0.387 e. The molecule has 174 valence electrons. The van der Waals surface area contributed by atoms with Gasteiger partial charge < -0.3 is 10.0 Å². The molecule has 3 rings (SSSR count). The molecular weight excluding hydrogens is 432 g/mol. The Morgan fingerprint density at radius 3 is 1.97 bits per heavy atom. The standard InChI is InChI=1S/C24H25F6NO/c1-3-9-31(10-4-2)14-21(32)19-12-15-11-16(23(25,26)27)13-20(24(28,29)30)22(15)18-8-6-5-7-17(18)19/h5-8,11-13,21,32H,3-4,9-10,14H2,1-2H3/t21-/m0/s1. The molecule has 0 unspecified atom stereocenters. The third-order valence-corrected chi connectivity index (χ3v) is 5.49. The number of nitrogens with zero attached hydrogens (tertiary/aromatic N) is 1. The van der Waals surface area contributed by atoms with E-state index in [1.165, 1.54) is 18.2 Å². The van der Waals surface area contributed by atoms with E-state index >= 15 is 0 Å². The van der Waals surface area contributed by atoms with Gasteiger partial charge in [0.05, 0.1) is 17.2 Å². The summed E-state index contributed by atoms with van der Waals surface area (Å²) in [5.41, 5.74) is -2.39. The summed E-state index contributed by atoms with van der Waals surface area (Å²) in [5, 5.41) is 11.0. The van der Waals surface area contributed by atoms with Crippen LogP contribution in [0.25, 0.3) is 21.5 Å². The lowest BCUT2D eigenvalue weighted by atomic mass is 9.90. The first-order valence-electron chi connectivity index (χ1n) is 10.5. The van der Waals surface area contributed by atoms with E-state index in [0.29, 0.717) is 10.9 Å². The van der Waals surface area contributed by atoms with Gasteiger partial charge in [-0.25, -0.2) is 0 Å². The molecule has 3 aromatic carbocycles. The van der Waals surface area contributed by atoms with Crippen LogP contribution in [0.1, 0.15) is 49.5 Å². The van der Waals surface area contributed by atoms with E-state index in [-0.39, 0.29) is 28.8 Å². The molecule has 0 aliphatic rings. The molecule has 0 saturated carbocycles. The molecule has 1 N–H and O–H groups in total. The van der Waals surface area contributed by atoms with Crippen molar-refractivity contribution in [3.05, 3.63) is 59.2 Å². The fourth-order valence-corrected chi connectivity index (χ4v) is 4.21. The summed E-state index contributed by atoms with van der Waals surface area (Å²) >= 11 is 0. The predicted molar refractivity (Wildman–Crippen MR) is 113 cm³/mol. The van der Waals surface area contributed by atoms with E-state index in [2.05, 4.69) is 0 Å². The van der Waals surface area contributed by atoms with Crippen LogP contribution >= 0.6 is 0 Å². The smallest absolute Gasteiger partial charge is 0.387 e. The Morgan fingerprint density at radius 1 is 0.844 bits per heavy atom. The Balaban J connectivity index is 2.29. The van der Waals surface area contributed by atoms with Crippen LogP contribution in [0.15, 0.2) is 42.5 Å². The topological polar surface area (TPSA) is 23.5 Å². The fraction of sp³-hybridized carbons (Fsp3) is 0.417. The Labute approximate surface area is 182 Å². The quantitative estimate of drug-likeness (QED) is 0.300. The molecule has 2 nitrogen and oxygen atoms in total. The van der Waals surface area contributed by atoms with Crippen LogP contribution in [0.4, 0.5) is 26.3 Å². The van der Waals surface area contributed by atoms with Crippen molar-refractivity contribution in [2.24, 2.45) is 0 Å². The zero-order chi connectivity index (χ0) is 23.7. The second-order valence-corrected chi connectivity index (χ2v) is 7.95. The van der Waals surface area contributed by atoms with Gasteiger partial charge in [0, 0.05) is 11.9 Å². The van der Waals surface area contributed by atoms with Gasteiger partial charge in [-0.15, -0.1) is 0 Å². The number of halogens is 6. The van der Waals surface area contributed by atoms with Crippen molar-refractivity contribution in [1.29, 1.82) is 0 Å².